The third kappa shape index (κ3) is 10.8. The van der Waals surface area contributed by atoms with Gasteiger partial charge in [-0.3, -0.25) is 13.8 Å². The molecule has 4 aromatic heterocycles. The standard InChI is InChI=1S/C23H28N4O2S.C22H25N5O2S.C5H10O.C4H8O.B/c1-22(2,3)30(29)14-19(20-13-27(25-24-20)23-10-15(11-23)12-23)16-6-5-7-18-17(16)8-9-26(4)21(18)28;1-21(2,3)30(29)24-19(18-13-27(25-23-18)22-10-14(11-22)12-22)16-6-5-7-17-15(16)8-9-26(4)20(17)28;1-5-3-2-4-6-5;1-2-4-5-3-1;/h5-9,13,15,19H,10-12,14H2,1-4H3;5-9,13-14H,10-12H2,1-4H3;5H,2-4H2,1H3;1-4H2;/t15?,19-,23?,30-;14?,22?,30-;;;/m01.../s1. The van der Waals surface area contributed by atoms with Crippen molar-refractivity contribution in [2.45, 2.75) is 145 Å². The fourth-order valence-electron chi connectivity index (χ4n) is 10.4. The van der Waals surface area contributed by atoms with Crippen LogP contribution in [0.4, 0.5) is 0 Å². The topological polar surface area (TPSA) is 170 Å². The fourth-order valence-corrected chi connectivity index (χ4v) is 12.2. The molecule has 6 aromatic rings. The summed E-state index contributed by atoms with van der Waals surface area (Å²) in [5, 5.41) is 20.8. The summed E-state index contributed by atoms with van der Waals surface area (Å²) in [4.78, 5) is 25.3. The maximum Gasteiger partial charge on any atom is 0.258 e. The van der Waals surface area contributed by atoms with Crippen LogP contribution in [0.5, 0.6) is 0 Å². The van der Waals surface area contributed by atoms with E-state index in [1.54, 1.807) is 41.7 Å². The van der Waals surface area contributed by atoms with Gasteiger partial charge in [0.25, 0.3) is 11.1 Å². The van der Waals surface area contributed by atoms with Gasteiger partial charge in [-0.05, 0) is 165 Å². The molecule has 15 nitrogen and oxygen atoms in total. The molecule has 6 saturated carbocycles. The summed E-state index contributed by atoms with van der Waals surface area (Å²) < 4.78 is 47.1. The molecule has 0 amide bonds. The minimum absolute atomic E-state index is 0. The Labute approximate surface area is 430 Å². The molecule has 0 spiro atoms. The number of fused-ring (bicyclic) bond motifs is 2. The van der Waals surface area contributed by atoms with Gasteiger partial charge in [-0.25, -0.2) is 13.6 Å². The predicted octanol–water partition coefficient (Wildman–Crippen LogP) is 7.86. The van der Waals surface area contributed by atoms with E-state index in [0.29, 0.717) is 34.0 Å². The smallest absolute Gasteiger partial charge is 0.258 e. The summed E-state index contributed by atoms with van der Waals surface area (Å²) in [6, 6.07) is 15.2. The average molecular weight is 1020 g/mol. The van der Waals surface area contributed by atoms with E-state index in [1.807, 2.05) is 99.6 Å². The van der Waals surface area contributed by atoms with Crippen molar-refractivity contribution < 1.29 is 17.9 Å². The van der Waals surface area contributed by atoms with Crippen LogP contribution < -0.4 is 11.1 Å². The number of ether oxygens (including phenoxy) is 2. The molecule has 0 N–H and O–H groups in total. The first-order valence-electron chi connectivity index (χ1n) is 25.4. The number of benzene rings is 2. The Hall–Kier alpha value is -4.91. The third-order valence-electron chi connectivity index (χ3n) is 15.2. The monoisotopic (exact) mass is 1020 g/mol. The zero-order chi connectivity index (χ0) is 50.5. The summed E-state index contributed by atoms with van der Waals surface area (Å²) in [6.45, 7) is 16.8. The van der Waals surface area contributed by atoms with Crippen molar-refractivity contribution in [1.82, 2.24) is 39.1 Å². The molecular weight excluding hydrogens is 946 g/mol. The maximum atomic E-state index is 13.1. The molecule has 8 fully saturated rings. The van der Waals surface area contributed by atoms with Gasteiger partial charge in [-0.1, -0.05) is 34.7 Å². The van der Waals surface area contributed by atoms with Crippen LogP contribution >= 0.6 is 0 Å². The Morgan fingerprint density at radius 2 is 1.28 bits per heavy atom. The van der Waals surface area contributed by atoms with Crippen LogP contribution in [-0.2, 0) is 56.4 Å². The first kappa shape index (κ1) is 53.4. The molecule has 1 unspecified atom stereocenters. The quantitative estimate of drug-likeness (QED) is 0.103. The molecule has 3 radical (unpaired) electrons. The molecule has 72 heavy (non-hydrogen) atoms. The van der Waals surface area contributed by atoms with Crippen molar-refractivity contribution in [3.05, 3.63) is 117 Å². The lowest BCUT2D eigenvalue weighted by atomic mass is 9.50. The molecular formula is C54H71BN9O6S2. The maximum absolute atomic E-state index is 13.1. The summed E-state index contributed by atoms with van der Waals surface area (Å²) in [5.74, 6) is 1.96. The van der Waals surface area contributed by atoms with Crippen LogP contribution in [0.3, 0.4) is 0 Å². The molecule has 2 aromatic carbocycles. The van der Waals surface area contributed by atoms with E-state index in [0.717, 1.165) is 78.5 Å². The van der Waals surface area contributed by atoms with E-state index in [-0.39, 0.29) is 41.3 Å². The fraction of sp³-hybridized carbons (Fsp3) is 0.574. The van der Waals surface area contributed by atoms with E-state index < -0.39 is 26.5 Å². The largest absolute Gasteiger partial charge is 0.381 e. The van der Waals surface area contributed by atoms with E-state index >= 15 is 0 Å². The van der Waals surface area contributed by atoms with Crippen molar-refractivity contribution in [2.75, 3.05) is 25.6 Å². The second-order valence-electron chi connectivity index (χ2n) is 22.7. The van der Waals surface area contributed by atoms with Crippen LogP contribution in [0.15, 0.2) is 87.3 Å². The van der Waals surface area contributed by atoms with Gasteiger partial charge in [-0.15, -0.1) is 10.2 Å². The summed E-state index contributed by atoms with van der Waals surface area (Å²) in [5.41, 5.74) is 3.85. The Morgan fingerprint density at radius 1 is 0.722 bits per heavy atom. The molecule has 18 heteroatoms. The lowest BCUT2D eigenvalue weighted by Crippen LogP contribution is -2.59. The van der Waals surface area contributed by atoms with Crippen molar-refractivity contribution in [3.63, 3.8) is 0 Å². The van der Waals surface area contributed by atoms with Gasteiger partial charge in [0, 0.05) is 104 Å². The molecule has 2 aliphatic heterocycles. The van der Waals surface area contributed by atoms with Gasteiger partial charge in [0.1, 0.15) is 22.4 Å². The molecule has 8 aliphatic rings. The molecule has 4 atom stereocenters. The van der Waals surface area contributed by atoms with Crippen LogP contribution in [0.25, 0.3) is 21.5 Å². The average Bonchev–Trinajstić information content (AvgIpc) is 4.13. The number of pyridine rings is 2. The lowest BCUT2D eigenvalue weighted by molar-refractivity contribution is -0.0989. The van der Waals surface area contributed by atoms with Gasteiger partial charge in [0.05, 0.1) is 33.8 Å². The number of rotatable bonds is 9. The zero-order valence-corrected chi connectivity index (χ0v) is 45.1. The first-order valence-corrected chi connectivity index (χ1v) is 27.8. The Balaban J connectivity index is 0.000000157. The molecule has 383 valence electrons. The van der Waals surface area contributed by atoms with Crippen molar-refractivity contribution in [1.29, 1.82) is 0 Å². The van der Waals surface area contributed by atoms with Gasteiger partial charge in [0.15, 0.2) is 0 Å². The van der Waals surface area contributed by atoms with E-state index in [1.165, 1.54) is 44.9 Å². The Kier molecular flexibility index (Phi) is 15.7. The first-order chi connectivity index (χ1) is 33.7. The van der Waals surface area contributed by atoms with Crippen molar-refractivity contribution in [2.24, 2.45) is 30.3 Å². The highest BCUT2D eigenvalue weighted by molar-refractivity contribution is 7.86. The number of aromatic nitrogens is 8. The summed E-state index contributed by atoms with van der Waals surface area (Å²) >= 11 is 0. The van der Waals surface area contributed by atoms with Crippen molar-refractivity contribution in [3.8, 4) is 0 Å². The van der Waals surface area contributed by atoms with Crippen LogP contribution in [0.1, 0.15) is 141 Å². The molecule has 4 bridgehead atoms. The number of nitrogens with zero attached hydrogens (tertiary/aromatic N) is 9. The van der Waals surface area contributed by atoms with E-state index in [9.17, 15) is 18.0 Å². The minimum atomic E-state index is -1.48. The van der Waals surface area contributed by atoms with Crippen LogP contribution in [0.2, 0.25) is 0 Å². The highest BCUT2D eigenvalue weighted by Crippen LogP contribution is 2.62. The third-order valence-corrected chi connectivity index (χ3v) is 18.6. The zero-order valence-electron chi connectivity index (χ0n) is 43.5. The number of aryl methyl sites for hydroxylation is 2. The lowest BCUT2D eigenvalue weighted by Gasteiger charge is -2.61. The van der Waals surface area contributed by atoms with E-state index in [4.69, 9.17) is 9.47 Å². The van der Waals surface area contributed by atoms with E-state index in [2.05, 4.69) is 38.1 Å². The molecule has 6 aliphatic carbocycles. The normalized spacial score (nSPS) is 25.1. The number of hydrogen-bond acceptors (Lipinski definition) is 10. The van der Waals surface area contributed by atoms with Gasteiger partial charge in [-0.2, -0.15) is 4.40 Å². The van der Waals surface area contributed by atoms with Gasteiger partial charge >= 0.3 is 0 Å². The summed E-state index contributed by atoms with van der Waals surface area (Å²) in [7, 11) is 0.935. The minimum Gasteiger partial charge on any atom is -0.381 e. The van der Waals surface area contributed by atoms with Crippen molar-refractivity contribution >= 4 is 57.5 Å². The summed E-state index contributed by atoms with van der Waals surface area (Å²) in [6.07, 6.45) is 20.2. The molecule has 6 heterocycles. The molecule has 2 saturated heterocycles. The van der Waals surface area contributed by atoms with Gasteiger partial charge in [0.2, 0.25) is 0 Å². The predicted molar refractivity (Wildman–Crippen MR) is 288 cm³/mol. The Bertz CT molecular complexity index is 3080. The highest BCUT2D eigenvalue weighted by Gasteiger charge is 2.59. The van der Waals surface area contributed by atoms with Crippen LogP contribution in [0, 0.1) is 11.8 Å². The molecule has 14 rings (SSSR count). The SMILES string of the molecule is C1CCOC1.CC1CCCO1.Cn1ccc2c(C(=N[S@](=O)C(C)(C)C)c3cn(C45CC(C4)C5)nn3)cccc2c1=O.Cn1ccc2c([C@H](C[S@](=O)C(C)(C)C)c3cn(C45CC(C4)C5)nn3)cccc2c1=O.[B]. The van der Waals surface area contributed by atoms with Gasteiger partial charge < -0.3 is 18.6 Å². The Morgan fingerprint density at radius 3 is 1.76 bits per heavy atom. The second kappa shape index (κ2) is 21.1. The highest BCUT2D eigenvalue weighted by atomic mass is 32.2. The second-order valence-corrected chi connectivity index (χ2v) is 26.9. The number of hydrogen-bond donors (Lipinski definition) is 0. The van der Waals surface area contributed by atoms with Crippen LogP contribution in [-0.4, -0.2) is 103 Å².